The molecule has 1 aromatic carbocycles. The van der Waals surface area contributed by atoms with Crippen LogP contribution in [0.25, 0.3) is 0 Å². The molecule has 110 valence electrons. The monoisotopic (exact) mass is 279 g/mol. The van der Waals surface area contributed by atoms with Gasteiger partial charge in [-0.15, -0.1) is 0 Å². The van der Waals surface area contributed by atoms with E-state index in [9.17, 15) is 9.59 Å². The van der Waals surface area contributed by atoms with Gasteiger partial charge in [0.2, 0.25) is 5.91 Å². The molecule has 1 aromatic rings. The number of benzene rings is 1. The van der Waals surface area contributed by atoms with Crippen LogP contribution in [-0.4, -0.2) is 30.1 Å². The maximum atomic E-state index is 11.4. The van der Waals surface area contributed by atoms with Crippen molar-refractivity contribution in [2.45, 2.75) is 32.1 Å². The van der Waals surface area contributed by atoms with Gasteiger partial charge in [0.05, 0.1) is 6.61 Å². The van der Waals surface area contributed by atoms with Crippen LogP contribution in [0.2, 0.25) is 0 Å². The molecule has 0 bridgehead atoms. The van der Waals surface area contributed by atoms with E-state index >= 15 is 0 Å². The Morgan fingerprint density at radius 1 is 1.05 bits per heavy atom. The van der Waals surface area contributed by atoms with E-state index in [1.54, 1.807) is 0 Å². The summed E-state index contributed by atoms with van der Waals surface area (Å²) >= 11 is 0. The number of ether oxygens (including phenoxy) is 1. The van der Waals surface area contributed by atoms with E-state index < -0.39 is 5.97 Å². The van der Waals surface area contributed by atoms with Gasteiger partial charge in [-0.05, 0) is 31.4 Å². The SMILES string of the molecule is O=C(O)CCCCC(=O)NCCCOc1ccccc1. The Morgan fingerprint density at radius 3 is 2.45 bits per heavy atom. The van der Waals surface area contributed by atoms with Crippen molar-refractivity contribution < 1.29 is 19.4 Å². The number of carbonyl (C=O) groups is 2. The number of nitrogens with one attached hydrogen (secondary N) is 1. The van der Waals surface area contributed by atoms with Crippen molar-refractivity contribution in [3.05, 3.63) is 30.3 Å². The number of rotatable bonds is 10. The van der Waals surface area contributed by atoms with E-state index in [1.165, 1.54) is 0 Å². The van der Waals surface area contributed by atoms with Crippen molar-refractivity contribution in [1.29, 1.82) is 0 Å². The summed E-state index contributed by atoms with van der Waals surface area (Å²) in [6, 6.07) is 9.53. The van der Waals surface area contributed by atoms with Gasteiger partial charge in [-0.2, -0.15) is 0 Å². The van der Waals surface area contributed by atoms with E-state index in [0.717, 1.165) is 12.2 Å². The van der Waals surface area contributed by atoms with Crippen LogP contribution in [-0.2, 0) is 9.59 Å². The molecule has 0 atom stereocenters. The lowest BCUT2D eigenvalue weighted by Crippen LogP contribution is -2.25. The molecule has 1 amide bonds. The normalized spacial score (nSPS) is 10.0. The molecule has 1 rings (SSSR count). The summed E-state index contributed by atoms with van der Waals surface area (Å²) in [5.41, 5.74) is 0. The lowest BCUT2D eigenvalue weighted by atomic mass is 10.2. The number of unbranched alkanes of at least 4 members (excludes halogenated alkanes) is 1. The molecular formula is C15H21NO4. The molecule has 0 fully saturated rings. The summed E-state index contributed by atoms with van der Waals surface area (Å²) in [5.74, 6) is -0.0222. The second kappa shape index (κ2) is 9.83. The fourth-order valence-electron chi connectivity index (χ4n) is 1.66. The average Bonchev–Trinajstić information content (AvgIpc) is 2.44. The largest absolute Gasteiger partial charge is 0.494 e. The summed E-state index contributed by atoms with van der Waals surface area (Å²) in [6.45, 7) is 1.13. The first-order valence-electron chi connectivity index (χ1n) is 6.85. The molecule has 0 aliphatic heterocycles. The van der Waals surface area contributed by atoms with Crippen molar-refractivity contribution in [2.75, 3.05) is 13.2 Å². The number of amides is 1. The Bertz CT molecular complexity index is 406. The summed E-state index contributed by atoms with van der Waals surface area (Å²) in [6.07, 6.45) is 2.40. The molecule has 0 unspecified atom stereocenters. The highest BCUT2D eigenvalue weighted by Gasteiger charge is 2.02. The quantitative estimate of drug-likeness (QED) is 0.644. The third kappa shape index (κ3) is 8.13. The van der Waals surface area contributed by atoms with Crippen molar-refractivity contribution in [3.8, 4) is 5.75 Å². The van der Waals surface area contributed by atoms with E-state index in [1.807, 2.05) is 30.3 Å². The van der Waals surface area contributed by atoms with Crippen LogP contribution in [0.3, 0.4) is 0 Å². The Balaban J connectivity index is 1.95. The molecule has 2 N–H and O–H groups in total. The van der Waals surface area contributed by atoms with Gasteiger partial charge in [0.25, 0.3) is 0 Å². The average molecular weight is 279 g/mol. The third-order valence-electron chi connectivity index (χ3n) is 2.70. The smallest absolute Gasteiger partial charge is 0.303 e. The van der Waals surface area contributed by atoms with Crippen LogP contribution < -0.4 is 10.1 Å². The molecular weight excluding hydrogens is 258 g/mol. The molecule has 20 heavy (non-hydrogen) atoms. The highest BCUT2D eigenvalue weighted by Crippen LogP contribution is 2.08. The van der Waals surface area contributed by atoms with Crippen LogP contribution in [0.5, 0.6) is 5.75 Å². The Morgan fingerprint density at radius 2 is 1.75 bits per heavy atom. The molecule has 5 nitrogen and oxygen atoms in total. The minimum atomic E-state index is -0.816. The van der Waals surface area contributed by atoms with Gasteiger partial charge in [-0.25, -0.2) is 0 Å². The van der Waals surface area contributed by atoms with Crippen molar-refractivity contribution in [2.24, 2.45) is 0 Å². The van der Waals surface area contributed by atoms with Crippen molar-refractivity contribution in [1.82, 2.24) is 5.32 Å². The Kier molecular flexibility index (Phi) is 7.87. The first-order chi connectivity index (χ1) is 9.68. The molecule has 0 saturated carbocycles. The number of carbonyl (C=O) groups excluding carboxylic acids is 1. The highest BCUT2D eigenvalue weighted by molar-refractivity contribution is 5.75. The fourth-order valence-corrected chi connectivity index (χ4v) is 1.66. The Labute approximate surface area is 118 Å². The summed E-state index contributed by atoms with van der Waals surface area (Å²) in [7, 11) is 0. The van der Waals surface area contributed by atoms with Crippen LogP contribution in [0.4, 0.5) is 0 Å². The first kappa shape index (κ1) is 16.0. The predicted octanol–water partition coefficient (Wildman–Crippen LogP) is 2.22. The van der Waals surface area contributed by atoms with Gasteiger partial charge < -0.3 is 15.2 Å². The van der Waals surface area contributed by atoms with Gasteiger partial charge >= 0.3 is 5.97 Å². The van der Waals surface area contributed by atoms with Crippen molar-refractivity contribution in [3.63, 3.8) is 0 Å². The molecule has 0 spiro atoms. The first-order valence-corrected chi connectivity index (χ1v) is 6.85. The lowest BCUT2D eigenvalue weighted by molar-refractivity contribution is -0.137. The van der Waals surface area contributed by atoms with Crippen molar-refractivity contribution >= 4 is 11.9 Å². The van der Waals surface area contributed by atoms with Crippen LogP contribution in [0.15, 0.2) is 30.3 Å². The molecule has 0 radical (unpaired) electrons. The summed E-state index contributed by atoms with van der Waals surface area (Å²) in [5, 5.41) is 11.2. The molecule has 0 aromatic heterocycles. The number of para-hydroxylation sites is 1. The zero-order valence-corrected chi connectivity index (χ0v) is 11.5. The Hall–Kier alpha value is -2.04. The zero-order chi connectivity index (χ0) is 14.6. The van der Waals surface area contributed by atoms with Gasteiger partial charge in [0, 0.05) is 19.4 Å². The minimum Gasteiger partial charge on any atom is -0.494 e. The van der Waals surface area contributed by atoms with Gasteiger partial charge in [-0.3, -0.25) is 9.59 Å². The zero-order valence-electron chi connectivity index (χ0n) is 11.5. The minimum absolute atomic E-state index is 0.0323. The number of aliphatic carboxylic acids is 1. The number of hydrogen-bond donors (Lipinski definition) is 2. The molecule has 0 heterocycles. The van der Waals surface area contributed by atoms with E-state index in [-0.39, 0.29) is 12.3 Å². The molecule has 0 saturated heterocycles. The molecule has 0 aliphatic carbocycles. The van der Waals surface area contributed by atoms with Gasteiger partial charge in [-0.1, -0.05) is 18.2 Å². The summed E-state index contributed by atoms with van der Waals surface area (Å²) in [4.78, 5) is 21.7. The number of carboxylic acids is 1. The topological polar surface area (TPSA) is 75.6 Å². The highest BCUT2D eigenvalue weighted by atomic mass is 16.5. The fraction of sp³-hybridized carbons (Fsp3) is 0.467. The summed E-state index contributed by atoms with van der Waals surface area (Å²) < 4.78 is 5.50. The van der Waals surface area contributed by atoms with E-state index in [0.29, 0.717) is 32.4 Å². The lowest BCUT2D eigenvalue weighted by Gasteiger charge is -2.07. The van der Waals surface area contributed by atoms with Gasteiger partial charge in [0.15, 0.2) is 0 Å². The second-order valence-electron chi connectivity index (χ2n) is 4.47. The predicted molar refractivity (Wildman–Crippen MR) is 75.7 cm³/mol. The van der Waals surface area contributed by atoms with E-state index in [2.05, 4.69) is 5.32 Å². The molecule has 0 aliphatic rings. The third-order valence-corrected chi connectivity index (χ3v) is 2.70. The standard InChI is InChI=1S/C15H21NO4/c17-14(9-4-5-10-15(18)19)16-11-6-12-20-13-7-2-1-3-8-13/h1-3,7-8H,4-6,9-12H2,(H,16,17)(H,18,19). The maximum Gasteiger partial charge on any atom is 0.303 e. The number of hydrogen-bond acceptors (Lipinski definition) is 3. The molecule has 5 heteroatoms. The maximum absolute atomic E-state index is 11.4. The van der Waals surface area contributed by atoms with Gasteiger partial charge in [0.1, 0.15) is 5.75 Å². The van der Waals surface area contributed by atoms with Crippen LogP contribution >= 0.6 is 0 Å². The second-order valence-corrected chi connectivity index (χ2v) is 4.47. The van der Waals surface area contributed by atoms with Crippen LogP contribution in [0, 0.1) is 0 Å². The number of carboxylic acid groups (broad SMARTS) is 1. The van der Waals surface area contributed by atoms with Crippen LogP contribution in [0.1, 0.15) is 32.1 Å². The van der Waals surface area contributed by atoms with E-state index in [4.69, 9.17) is 9.84 Å².